The largest absolute Gasteiger partial charge is 0.394 e. The Bertz CT molecular complexity index is 392. The summed E-state index contributed by atoms with van der Waals surface area (Å²) in [7, 11) is -4.67. The molecule has 1 heterocycles. The van der Waals surface area contributed by atoms with Gasteiger partial charge >= 0.3 is 10.4 Å². The first-order valence-electron chi connectivity index (χ1n) is 5.51. The molecule has 1 aromatic heterocycles. The molecule has 0 aliphatic carbocycles. The molecule has 2 N–H and O–H groups in total. The lowest BCUT2D eigenvalue weighted by atomic mass is 10.2. The van der Waals surface area contributed by atoms with Gasteiger partial charge in [-0.2, -0.15) is 8.42 Å². The van der Waals surface area contributed by atoms with Gasteiger partial charge in [-0.3, -0.25) is 9.11 Å². The molecule has 0 spiro atoms. The molecule has 1 rings (SSSR count). The number of imidazole rings is 1. The molecule has 0 radical (unpaired) electrons. The van der Waals surface area contributed by atoms with Gasteiger partial charge in [-0.1, -0.05) is 26.2 Å². The van der Waals surface area contributed by atoms with Gasteiger partial charge in [0.05, 0.1) is 12.0 Å². The van der Waals surface area contributed by atoms with Crippen LogP contribution in [0.25, 0.3) is 0 Å². The molecule has 0 fully saturated rings. The van der Waals surface area contributed by atoms with Crippen molar-refractivity contribution in [1.29, 1.82) is 0 Å². The Hall–Kier alpha value is -0.920. The summed E-state index contributed by atoms with van der Waals surface area (Å²) in [5.74, 6) is 0. The van der Waals surface area contributed by atoms with Gasteiger partial charge in [-0.25, -0.2) is 4.98 Å². The van der Waals surface area contributed by atoms with Crippen molar-refractivity contribution in [1.82, 2.24) is 9.55 Å². The molecule has 0 bridgehead atoms. The quantitative estimate of drug-likeness (QED) is 0.627. The number of aryl methyl sites for hydroxylation is 2. The molecular formula is C10H20N2O4S. The van der Waals surface area contributed by atoms with Crippen molar-refractivity contribution in [3.63, 3.8) is 0 Å². The molecule has 0 saturated carbocycles. The van der Waals surface area contributed by atoms with E-state index in [2.05, 4.69) is 22.7 Å². The van der Waals surface area contributed by atoms with Crippen LogP contribution >= 0.6 is 0 Å². The molecule has 0 aromatic carbocycles. The van der Waals surface area contributed by atoms with Gasteiger partial charge in [0.25, 0.3) is 0 Å². The summed E-state index contributed by atoms with van der Waals surface area (Å²) in [5, 5.41) is 0. The van der Waals surface area contributed by atoms with E-state index < -0.39 is 10.4 Å². The SMILES string of the molecule is CCCCCCn1cnc(C)c1.O=S(=O)(O)O. The number of hydrogen-bond donors (Lipinski definition) is 2. The Morgan fingerprint density at radius 3 is 2.29 bits per heavy atom. The zero-order valence-electron chi connectivity index (χ0n) is 10.2. The number of nitrogens with zero attached hydrogens (tertiary/aromatic N) is 2. The number of hydrogen-bond acceptors (Lipinski definition) is 3. The van der Waals surface area contributed by atoms with Crippen LogP contribution in [-0.4, -0.2) is 27.1 Å². The summed E-state index contributed by atoms with van der Waals surface area (Å²) in [6.45, 7) is 5.39. The monoisotopic (exact) mass is 264 g/mol. The van der Waals surface area contributed by atoms with Crippen LogP contribution in [0.5, 0.6) is 0 Å². The van der Waals surface area contributed by atoms with Crippen LogP contribution in [-0.2, 0) is 16.9 Å². The summed E-state index contributed by atoms with van der Waals surface area (Å²) in [5.41, 5.74) is 1.12. The van der Waals surface area contributed by atoms with E-state index in [1.807, 2.05) is 13.3 Å². The Morgan fingerprint density at radius 2 is 1.88 bits per heavy atom. The highest BCUT2D eigenvalue weighted by molar-refractivity contribution is 7.79. The van der Waals surface area contributed by atoms with Gasteiger partial charge < -0.3 is 4.57 Å². The van der Waals surface area contributed by atoms with E-state index in [1.165, 1.54) is 25.7 Å². The van der Waals surface area contributed by atoms with Crippen LogP contribution < -0.4 is 0 Å². The molecule has 17 heavy (non-hydrogen) atoms. The van der Waals surface area contributed by atoms with Crippen LogP contribution in [0.3, 0.4) is 0 Å². The maximum Gasteiger partial charge on any atom is 0.394 e. The second-order valence-electron chi connectivity index (χ2n) is 3.76. The molecule has 0 amide bonds. The Kier molecular flexibility index (Phi) is 7.77. The van der Waals surface area contributed by atoms with E-state index >= 15 is 0 Å². The van der Waals surface area contributed by atoms with Crippen molar-refractivity contribution in [3.8, 4) is 0 Å². The lowest BCUT2D eigenvalue weighted by Crippen LogP contribution is -1.93. The van der Waals surface area contributed by atoms with Crippen LogP contribution in [0, 0.1) is 6.92 Å². The summed E-state index contributed by atoms with van der Waals surface area (Å²) >= 11 is 0. The lowest BCUT2D eigenvalue weighted by molar-refractivity contribution is 0.381. The van der Waals surface area contributed by atoms with E-state index in [0.717, 1.165) is 12.2 Å². The first-order valence-corrected chi connectivity index (χ1v) is 6.91. The van der Waals surface area contributed by atoms with Crippen molar-refractivity contribution in [2.24, 2.45) is 0 Å². The maximum absolute atomic E-state index is 8.74. The molecule has 0 atom stereocenters. The Morgan fingerprint density at radius 1 is 1.29 bits per heavy atom. The average molecular weight is 264 g/mol. The fourth-order valence-corrected chi connectivity index (χ4v) is 1.32. The molecule has 0 saturated heterocycles. The summed E-state index contributed by atoms with van der Waals surface area (Å²) in [4.78, 5) is 4.18. The predicted octanol–water partition coefficient (Wildman–Crippen LogP) is 2.12. The first kappa shape index (κ1) is 16.1. The minimum absolute atomic E-state index is 1.12. The molecular weight excluding hydrogens is 244 g/mol. The molecule has 7 heteroatoms. The van der Waals surface area contributed by atoms with Crippen molar-refractivity contribution < 1.29 is 17.5 Å². The number of rotatable bonds is 5. The Balaban J connectivity index is 0.000000437. The van der Waals surface area contributed by atoms with Crippen molar-refractivity contribution in [2.75, 3.05) is 0 Å². The van der Waals surface area contributed by atoms with E-state index in [1.54, 1.807) is 0 Å². The van der Waals surface area contributed by atoms with Crippen LogP contribution in [0.2, 0.25) is 0 Å². The normalized spacial score (nSPS) is 10.8. The van der Waals surface area contributed by atoms with E-state index in [-0.39, 0.29) is 0 Å². The Labute approximate surface area is 102 Å². The van der Waals surface area contributed by atoms with Crippen molar-refractivity contribution >= 4 is 10.4 Å². The minimum Gasteiger partial charge on any atom is -0.337 e. The highest BCUT2D eigenvalue weighted by atomic mass is 32.3. The smallest absolute Gasteiger partial charge is 0.337 e. The molecule has 1 aromatic rings. The highest BCUT2D eigenvalue weighted by Crippen LogP contribution is 2.02. The fraction of sp³-hybridized carbons (Fsp3) is 0.700. The van der Waals surface area contributed by atoms with Gasteiger partial charge in [-0.05, 0) is 13.3 Å². The first-order chi connectivity index (χ1) is 7.83. The van der Waals surface area contributed by atoms with Crippen molar-refractivity contribution in [2.45, 2.75) is 46.1 Å². The van der Waals surface area contributed by atoms with Gasteiger partial charge in [0.15, 0.2) is 0 Å². The van der Waals surface area contributed by atoms with Crippen molar-refractivity contribution in [3.05, 3.63) is 18.2 Å². The van der Waals surface area contributed by atoms with E-state index in [9.17, 15) is 0 Å². The third-order valence-electron chi connectivity index (χ3n) is 2.03. The maximum atomic E-state index is 8.74. The minimum atomic E-state index is -4.67. The van der Waals surface area contributed by atoms with Gasteiger partial charge in [0.1, 0.15) is 0 Å². The summed E-state index contributed by atoms with van der Waals surface area (Å²) in [6.07, 6.45) is 9.31. The second-order valence-corrected chi connectivity index (χ2v) is 4.66. The third-order valence-corrected chi connectivity index (χ3v) is 2.03. The van der Waals surface area contributed by atoms with E-state index in [0.29, 0.717) is 0 Å². The summed E-state index contributed by atoms with van der Waals surface area (Å²) in [6, 6.07) is 0. The zero-order valence-corrected chi connectivity index (χ0v) is 11.0. The highest BCUT2D eigenvalue weighted by Gasteiger charge is 1.92. The molecule has 0 aliphatic rings. The fourth-order valence-electron chi connectivity index (χ4n) is 1.32. The van der Waals surface area contributed by atoms with Gasteiger partial charge in [-0.15, -0.1) is 0 Å². The van der Waals surface area contributed by atoms with Gasteiger partial charge in [0, 0.05) is 12.7 Å². The average Bonchev–Trinajstić information content (AvgIpc) is 2.56. The van der Waals surface area contributed by atoms with Crippen LogP contribution in [0.4, 0.5) is 0 Å². The molecule has 0 aliphatic heterocycles. The van der Waals surface area contributed by atoms with Gasteiger partial charge in [0.2, 0.25) is 0 Å². The third kappa shape index (κ3) is 13.0. The van der Waals surface area contributed by atoms with E-state index in [4.69, 9.17) is 17.5 Å². The van der Waals surface area contributed by atoms with Crippen LogP contribution in [0.15, 0.2) is 12.5 Å². The predicted molar refractivity (Wildman–Crippen MR) is 65.3 cm³/mol. The molecule has 0 unspecified atom stereocenters. The standard InChI is InChI=1S/C10H18N2.H2O4S/c1-3-4-5-6-7-12-8-10(2)11-9-12;1-5(2,3)4/h8-9H,3-7H2,1-2H3;(H2,1,2,3,4). The second kappa shape index (κ2) is 8.21. The molecule has 6 nitrogen and oxygen atoms in total. The lowest BCUT2D eigenvalue weighted by Gasteiger charge is -2.00. The number of aromatic nitrogens is 2. The topological polar surface area (TPSA) is 92.4 Å². The summed E-state index contributed by atoms with van der Waals surface area (Å²) < 4.78 is 33.8. The van der Waals surface area contributed by atoms with Crippen LogP contribution in [0.1, 0.15) is 38.3 Å². The molecule has 100 valence electrons. The zero-order chi connectivity index (χ0) is 13.3. The number of unbranched alkanes of at least 4 members (excludes halogenated alkanes) is 3.